The van der Waals surface area contributed by atoms with Crippen LogP contribution in [0.3, 0.4) is 0 Å². The Morgan fingerprint density at radius 1 is 1.29 bits per heavy atom. The summed E-state index contributed by atoms with van der Waals surface area (Å²) in [6.07, 6.45) is 4.54. The number of nitrogens with zero attached hydrogens (tertiary/aromatic N) is 4. The molecule has 0 bridgehead atoms. The largest absolute Gasteiger partial charge is 0.482 e. The topological polar surface area (TPSA) is 71.8 Å². The Labute approximate surface area is 186 Å². The zero-order chi connectivity index (χ0) is 21.6. The molecule has 0 saturated carbocycles. The van der Waals surface area contributed by atoms with Crippen LogP contribution in [0.15, 0.2) is 53.1 Å². The highest BCUT2D eigenvalue weighted by Crippen LogP contribution is 2.33. The summed E-state index contributed by atoms with van der Waals surface area (Å²) < 4.78 is 7.77. The summed E-state index contributed by atoms with van der Waals surface area (Å²) in [5, 5.41) is 5.03. The molecule has 1 N–H and O–H groups in total. The molecule has 4 rings (SSSR count). The maximum absolute atomic E-state index is 11.7. The van der Waals surface area contributed by atoms with Gasteiger partial charge < -0.3 is 19.5 Å². The molecule has 0 fully saturated rings. The molecule has 2 aromatic heterocycles. The number of anilines is 1. The van der Waals surface area contributed by atoms with Gasteiger partial charge in [-0.2, -0.15) is 0 Å². The van der Waals surface area contributed by atoms with Crippen LogP contribution in [-0.2, 0) is 11.3 Å². The number of carbonyl (C=O) groups excluding carboxylic acids is 1. The molecule has 0 unspecified atom stereocenters. The molecule has 7 nitrogen and oxygen atoms in total. The number of fused-ring (bicyclic) bond motifs is 1. The fourth-order valence-electron chi connectivity index (χ4n) is 3.63. The van der Waals surface area contributed by atoms with E-state index in [1.54, 1.807) is 23.7 Å². The van der Waals surface area contributed by atoms with Crippen molar-refractivity contribution in [2.24, 2.45) is 4.99 Å². The number of thiazole rings is 1. The molecule has 0 spiro atoms. The van der Waals surface area contributed by atoms with Crippen LogP contribution >= 0.6 is 11.3 Å². The molecule has 1 aromatic carbocycles. The lowest BCUT2D eigenvalue weighted by molar-refractivity contribution is -0.118. The Kier molecular flexibility index (Phi) is 6.79. The highest BCUT2D eigenvalue weighted by Gasteiger charge is 2.18. The van der Waals surface area contributed by atoms with Gasteiger partial charge in [-0.3, -0.25) is 9.78 Å². The van der Waals surface area contributed by atoms with Gasteiger partial charge in [-0.1, -0.05) is 13.8 Å². The number of carbonyl (C=O) groups is 1. The molecule has 1 amide bonds. The van der Waals surface area contributed by atoms with Crippen molar-refractivity contribution < 1.29 is 9.53 Å². The molecule has 3 heterocycles. The van der Waals surface area contributed by atoms with Gasteiger partial charge in [-0.05, 0) is 56.4 Å². The van der Waals surface area contributed by atoms with Crippen molar-refractivity contribution in [1.29, 1.82) is 0 Å². The predicted molar refractivity (Wildman–Crippen MR) is 124 cm³/mol. The third kappa shape index (κ3) is 5.03. The number of hydrogen-bond acceptors (Lipinski definition) is 6. The summed E-state index contributed by atoms with van der Waals surface area (Å²) in [6.45, 7) is 8.44. The summed E-state index contributed by atoms with van der Waals surface area (Å²) in [4.78, 5) is 24.1. The average molecular weight is 438 g/mol. The van der Waals surface area contributed by atoms with Gasteiger partial charge in [0.15, 0.2) is 11.4 Å². The van der Waals surface area contributed by atoms with Gasteiger partial charge in [0.1, 0.15) is 5.75 Å². The number of rotatable bonds is 8. The standard InChI is InChI=1S/C23H27N5O2S/c1-3-27(4-2)11-6-12-28-20(16-31-23(28)25-18-7-5-10-24-14-18)17-8-9-21-19(13-17)26-22(29)15-30-21/h5,7-10,13-14,16H,3-4,6,11-12,15H2,1-2H3,(H,26,29). The highest BCUT2D eigenvalue weighted by molar-refractivity contribution is 7.07. The van der Waals surface area contributed by atoms with E-state index < -0.39 is 0 Å². The van der Waals surface area contributed by atoms with Gasteiger partial charge in [-0.15, -0.1) is 11.3 Å². The van der Waals surface area contributed by atoms with E-state index in [1.165, 1.54) is 0 Å². The van der Waals surface area contributed by atoms with Crippen molar-refractivity contribution in [3.05, 3.63) is 52.9 Å². The van der Waals surface area contributed by atoms with Gasteiger partial charge >= 0.3 is 0 Å². The summed E-state index contributed by atoms with van der Waals surface area (Å²) in [7, 11) is 0. The maximum atomic E-state index is 11.7. The van der Waals surface area contributed by atoms with Crippen molar-refractivity contribution in [3.63, 3.8) is 0 Å². The molecular weight excluding hydrogens is 410 g/mol. The van der Waals surface area contributed by atoms with Crippen LogP contribution in [0.5, 0.6) is 5.75 Å². The molecule has 31 heavy (non-hydrogen) atoms. The lowest BCUT2D eigenvalue weighted by Crippen LogP contribution is -2.26. The van der Waals surface area contributed by atoms with E-state index in [2.05, 4.69) is 39.0 Å². The average Bonchev–Trinajstić information content (AvgIpc) is 3.19. The Hall–Kier alpha value is -2.97. The molecule has 8 heteroatoms. The summed E-state index contributed by atoms with van der Waals surface area (Å²) in [5.41, 5.74) is 3.64. The van der Waals surface area contributed by atoms with E-state index in [-0.39, 0.29) is 12.5 Å². The lowest BCUT2D eigenvalue weighted by Gasteiger charge is -2.20. The van der Waals surface area contributed by atoms with Crippen LogP contribution in [-0.4, -0.2) is 46.6 Å². The third-order valence-corrected chi connectivity index (χ3v) is 6.19. The van der Waals surface area contributed by atoms with Crippen molar-refractivity contribution in [3.8, 4) is 17.0 Å². The van der Waals surface area contributed by atoms with Crippen LogP contribution in [0.1, 0.15) is 20.3 Å². The second-order valence-corrected chi connectivity index (χ2v) is 8.14. The first kappa shape index (κ1) is 21.3. The van der Waals surface area contributed by atoms with Crippen LogP contribution < -0.4 is 14.9 Å². The second-order valence-electron chi connectivity index (χ2n) is 7.31. The van der Waals surface area contributed by atoms with E-state index >= 15 is 0 Å². The Morgan fingerprint density at radius 3 is 2.94 bits per heavy atom. The minimum atomic E-state index is -0.130. The van der Waals surface area contributed by atoms with E-state index in [1.807, 2.05) is 30.3 Å². The molecule has 0 atom stereocenters. The highest BCUT2D eigenvalue weighted by atomic mass is 32.1. The quantitative estimate of drug-likeness (QED) is 0.580. The SMILES string of the molecule is CCN(CC)CCCn1c(-c2ccc3c(c2)NC(=O)CO3)csc1=Nc1cccnc1. The minimum absolute atomic E-state index is 0.0598. The molecule has 0 saturated heterocycles. The van der Waals surface area contributed by atoms with Crippen LogP contribution in [0, 0.1) is 0 Å². The number of hydrogen-bond donors (Lipinski definition) is 1. The van der Waals surface area contributed by atoms with Crippen molar-refractivity contribution in [2.75, 3.05) is 31.6 Å². The number of nitrogens with one attached hydrogen (secondary N) is 1. The van der Waals surface area contributed by atoms with E-state index in [4.69, 9.17) is 9.73 Å². The molecule has 0 aliphatic carbocycles. The zero-order valence-corrected chi connectivity index (χ0v) is 18.7. The van der Waals surface area contributed by atoms with E-state index in [9.17, 15) is 4.79 Å². The van der Waals surface area contributed by atoms with Crippen LogP contribution in [0.25, 0.3) is 11.3 Å². The molecule has 1 aliphatic rings. The van der Waals surface area contributed by atoms with Gasteiger partial charge in [0.05, 0.1) is 23.3 Å². The van der Waals surface area contributed by atoms with Crippen molar-refractivity contribution in [2.45, 2.75) is 26.8 Å². The monoisotopic (exact) mass is 437 g/mol. The Morgan fingerprint density at radius 2 is 2.16 bits per heavy atom. The van der Waals surface area contributed by atoms with Gasteiger partial charge in [0.2, 0.25) is 0 Å². The van der Waals surface area contributed by atoms with E-state index in [0.717, 1.165) is 54.3 Å². The van der Waals surface area contributed by atoms with Crippen LogP contribution in [0.4, 0.5) is 11.4 Å². The lowest BCUT2D eigenvalue weighted by atomic mass is 10.1. The smallest absolute Gasteiger partial charge is 0.262 e. The number of pyridine rings is 1. The van der Waals surface area contributed by atoms with Gasteiger partial charge in [0.25, 0.3) is 5.91 Å². The first-order valence-electron chi connectivity index (χ1n) is 10.6. The maximum Gasteiger partial charge on any atom is 0.262 e. The fourth-order valence-corrected chi connectivity index (χ4v) is 4.59. The normalized spacial score (nSPS) is 13.8. The summed E-state index contributed by atoms with van der Waals surface area (Å²) in [5.74, 6) is 0.571. The third-order valence-electron chi connectivity index (χ3n) is 5.33. The molecule has 3 aromatic rings. The van der Waals surface area contributed by atoms with Crippen LogP contribution in [0.2, 0.25) is 0 Å². The van der Waals surface area contributed by atoms with Crippen molar-refractivity contribution in [1.82, 2.24) is 14.5 Å². The van der Waals surface area contributed by atoms with Gasteiger partial charge in [0, 0.05) is 23.7 Å². The molecular formula is C23H27N5O2S. The molecule has 0 radical (unpaired) electrons. The predicted octanol–water partition coefficient (Wildman–Crippen LogP) is 3.91. The van der Waals surface area contributed by atoms with E-state index in [0.29, 0.717) is 11.4 Å². The zero-order valence-electron chi connectivity index (χ0n) is 17.9. The molecule has 1 aliphatic heterocycles. The van der Waals surface area contributed by atoms with Crippen molar-refractivity contribution >= 4 is 28.6 Å². The number of benzene rings is 1. The Bertz CT molecular complexity index is 1100. The number of aromatic nitrogens is 2. The first-order valence-corrected chi connectivity index (χ1v) is 11.5. The number of amides is 1. The second kappa shape index (κ2) is 9.89. The fraction of sp³-hybridized carbons (Fsp3) is 0.348. The van der Waals surface area contributed by atoms with Gasteiger partial charge in [-0.25, -0.2) is 4.99 Å². The first-order chi connectivity index (χ1) is 15.2. The Balaban J connectivity index is 1.69. The molecule has 162 valence electrons. The number of ether oxygens (including phenoxy) is 1. The minimum Gasteiger partial charge on any atom is -0.482 e. The summed E-state index contributed by atoms with van der Waals surface area (Å²) >= 11 is 1.61. The summed E-state index contributed by atoms with van der Waals surface area (Å²) in [6, 6.07) is 9.78.